The zero-order valence-corrected chi connectivity index (χ0v) is 18.5. The second-order valence-corrected chi connectivity index (χ2v) is 7.42. The quantitative estimate of drug-likeness (QED) is 0.501. The number of carbonyl (C=O) groups excluding carboxylic acids is 2. The van der Waals surface area contributed by atoms with E-state index in [1.54, 1.807) is 12.0 Å². The number of hydrogen-bond acceptors (Lipinski definition) is 3. The summed E-state index contributed by atoms with van der Waals surface area (Å²) in [7, 11) is 1.63. The fraction of sp³-hybridized carbons (Fsp3) is 0.333. The molecule has 164 valence electrons. The van der Waals surface area contributed by atoms with Gasteiger partial charge >= 0.3 is 6.03 Å². The minimum atomic E-state index is -0.153. The summed E-state index contributed by atoms with van der Waals surface area (Å²) in [4.78, 5) is 29.7. The summed E-state index contributed by atoms with van der Waals surface area (Å²) in [5.74, 6) is 0.699. The van der Waals surface area contributed by atoms with E-state index < -0.39 is 0 Å². The normalized spacial score (nSPS) is 11.7. The number of anilines is 1. The van der Waals surface area contributed by atoms with Crippen LogP contribution in [0.3, 0.4) is 0 Å². The van der Waals surface area contributed by atoms with Crippen LogP contribution in [0, 0.1) is 0 Å². The van der Waals surface area contributed by atoms with Crippen LogP contribution in [0.4, 0.5) is 10.5 Å². The molecule has 2 aromatic carbocycles. The largest absolute Gasteiger partial charge is 0.497 e. The van der Waals surface area contributed by atoms with Crippen LogP contribution < -0.4 is 15.4 Å². The number of amides is 3. The number of nitrogens with zero attached hydrogens (tertiary/aromatic N) is 1. The highest BCUT2D eigenvalue weighted by atomic mass is 16.5. The van der Waals surface area contributed by atoms with Gasteiger partial charge in [-0.1, -0.05) is 12.1 Å². The van der Waals surface area contributed by atoms with E-state index >= 15 is 0 Å². The molecule has 1 atom stereocenters. The number of ether oxygens (including phenoxy) is 1. The standard InChI is InChI=1S/C24H30N4O3/c1-5-28(6-2)24(30)27-19-9-7-17(8-10-19)16(3)26-23(29)13-18-15-25-22-12-11-20(31-4)14-21(18)22/h7-12,14-16,25H,5-6,13H2,1-4H3,(H,26,29)(H,27,30). The smallest absolute Gasteiger partial charge is 0.321 e. The molecule has 3 rings (SSSR count). The summed E-state index contributed by atoms with van der Waals surface area (Å²) in [6.07, 6.45) is 2.14. The minimum absolute atomic E-state index is 0.0601. The molecule has 0 saturated heterocycles. The van der Waals surface area contributed by atoms with Crippen molar-refractivity contribution in [1.29, 1.82) is 0 Å². The van der Waals surface area contributed by atoms with E-state index in [0.29, 0.717) is 13.1 Å². The van der Waals surface area contributed by atoms with Gasteiger partial charge in [-0.15, -0.1) is 0 Å². The van der Waals surface area contributed by atoms with Crippen LogP contribution in [0.25, 0.3) is 10.9 Å². The van der Waals surface area contributed by atoms with Crippen molar-refractivity contribution in [2.45, 2.75) is 33.2 Å². The molecule has 3 N–H and O–H groups in total. The van der Waals surface area contributed by atoms with E-state index in [2.05, 4.69) is 15.6 Å². The van der Waals surface area contributed by atoms with Crippen LogP contribution >= 0.6 is 0 Å². The van der Waals surface area contributed by atoms with E-state index in [-0.39, 0.29) is 24.4 Å². The number of rotatable bonds is 8. The minimum Gasteiger partial charge on any atom is -0.497 e. The average molecular weight is 423 g/mol. The van der Waals surface area contributed by atoms with E-state index in [1.165, 1.54) is 0 Å². The molecule has 1 aromatic heterocycles. The molecule has 0 spiro atoms. The lowest BCUT2D eigenvalue weighted by atomic mass is 10.1. The Labute approximate surface area is 182 Å². The number of hydrogen-bond donors (Lipinski definition) is 3. The predicted molar refractivity (Wildman–Crippen MR) is 123 cm³/mol. The number of carbonyl (C=O) groups is 2. The van der Waals surface area contributed by atoms with Crippen LogP contribution in [0.1, 0.15) is 37.9 Å². The van der Waals surface area contributed by atoms with Crippen molar-refractivity contribution in [2.24, 2.45) is 0 Å². The Morgan fingerprint density at radius 3 is 2.45 bits per heavy atom. The molecule has 0 fully saturated rings. The van der Waals surface area contributed by atoms with Gasteiger partial charge in [0.1, 0.15) is 5.75 Å². The third-order valence-corrected chi connectivity index (χ3v) is 5.42. The van der Waals surface area contributed by atoms with Crippen molar-refractivity contribution in [2.75, 3.05) is 25.5 Å². The molecule has 0 aliphatic carbocycles. The summed E-state index contributed by atoms with van der Waals surface area (Å²) in [6.45, 7) is 7.16. The lowest BCUT2D eigenvalue weighted by molar-refractivity contribution is -0.121. The van der Waals surface area contributed by atoms with Crippen molar-refractivity contribution in [3.8, 4) is 5.75 Å². The summed E-state index contributed by atoms with van der Waals surface area (Å²) in [6, 6.07) is 13.0. The van der Waals surface area contributed by atoms with Crippen molar-refractivity contribution in [1.82, 2.24) is 15.2 Å². The Kier molecular flexibility index (Phi) is 7.18. The third-order valence-electron chi connectivity index (χ3n) is 5.42. The lowest BCUT2D eigenvalue weighted by Gasteiger charge is -2.19. The number of fused-ring (bicyclic) bond motifs is 1. The summed E-state index contributed by atoms with van der Waals surface area (Å²) in [5, 5.41) is 6.92. The number of methoxy groups -OCH3 is 1. The van der Waals surface area contributed by atoms with Gasteiger partial charge in [0.05, 0.1) is 19.6 Å². The fourth-order valence-electron chi connectivity index (χ4n) is 3.55. The van der Waals surface area contributed by atoms with Gasteiger partial charge in [-0.25, -0.2) is 4.79 Å². The Morgan fingerprint density at radius 2 is 1.81 bits per heavy atom. The first-order valence-electron chi connectivity index (χ1n) is 10.5. The molecule has 3 aromatic rings. The third kappa shape index (κ3) is 5.36. The molecular formula is C24H30N4O3. The SMILES string of the molecule is CCN(CC)C(=O)Nc1ccc(C(C)NC(=O)Cc2c[nH]c3ccc(OC)cc23)cc1. The monoisotopic (exact) mass is 422 g/mol. The second-order valence-electron chi connectivity index (χ2n) is 7.42. The van der Waals surface area contributed by atoms with Crippen molar-refractivity contribution < 1.29 is 14.3 Å². The molecule has 0 saturated carbocycles. The van der Waals surface area contributed by atoms with Gasteiger partial charge in [0, 0.05) is 35.9 Å². The molecule has 0 aliphatic rings. The topological polar surface area (TPSA) is 86.5 Å². The zero-order valence-electron chi connectivity index (χ0n) is 18.5. The Balaban J connectivity index is 1.60. The molecule has 7 heteroatoms. The summed E-state index contributed by atoms with van der Waals surface area (Å²) >= 11 is 0. The van der Waals surface area contributed by atoms with E-state index in [1.807, 2.05) is 69.4 Å². The predicted octanol–water partition coefficient (Wildman–Crippen LogP) is 4.47. The van der Waals surface area contributed by atoms with Crippen LogP contribution in [0.2, 0.25) is 0 Å². The Morgan fingerprint density at radius 1 is 1.10 bits per heavy atom. The summed E-state index contributed by atoms with van der Waals surface area (Å²) < 4.78 is 5.29. The van der Waals surface area contributed by atoms with Gasteiger partial charge in [0.2, 0.25) is 5.91 Å². The number of benzene rings is 2. The van der Waals surface area contributed by atoms with E-state index in [0.717, 1.165) is 33.5 Å². The van der Waals surface area contributed by atoms with E-state index in [4.69, 9.17) is 4.74 Å². The molecule has 31 heavy (non-hydrogen) atoms. The fourth-order valence-corrected chi connectivity index (χ4v) is 3.55. The molecule has 0 radical (unpaired) electrons. The van der Waals surface area contributed by atoms with Crippen LogP contribution in [-0.4, -0.2) is 42.0 Å². The maximum absolute atomic E-state index is 12.6. The van der Waals surface area contributed by atoms with Crippen LogP contribution in [0.15, 0.2) is 48.7 Å². The number of aromatic amines is 1. The highest BCUT2D eigenvalue weighted by Gasteiger charge is 2.14. The number of aromatic nitrogens is 1. The van der Waals surface area contributed by atoms with Gasteiger partial charge in [0.25, 0.3) is 0 Å². The lowest BCUT2D eigenvalue weighted by Crippen LogP contribution is -2.34. The van der Waals surface area contributed by atoms with Gasteiger partial charge in [-0.2, -0.15) is 0 Å². The van der Waals surface area contributed by atoms with Gasteiger partial charge < -0.3 is 25.3 Å². The molecule has 0 bridgehead atoms. The van der Waals surface area contributed by atoms with E-state index in [9.17, 15) is 9.59 Å². The first kappa shape index (κ1) is 22.2. The number of urea groups is 1. The first-order valence-corrected chi connectivity index (χ1v) is 10.5. The number of nitrogens with one attached hydrogen (secondary N) is 3. The zero-order chi connectivity index (χ0) is 22.4. The molecular weight excluding hydrogens is 392 g/mol. The van der Waals surface area contributed by atoms with Gasteiger partial charge in [-0.05, 0) is 62.2 Å². The second kappa shape index (κ2) is 10.0. The number of H-pyrrole nitrogens is 1. The maximum atomic E-state index is 12.6. The molecule has 1 heterocycles. The Bertz CT molecular complexity index is 1040. The molecule has 7 nitrogen and oxygen atoms in total. The van der Waals surface area contributed by atoms with Gasteiger partial charge in [0.15, 0.2) is 0 Å². The van der Waals surface area contributed by atoms with Crippen molar-refractivity contribution in [3.63, 3.8) is 0 Å². The van der Waals surface area contributed by atoms with Crippen molar-refractivity contribution >= 4 is 28.5 Å². The molecule has 1 unspecified atom stereocenters. The first-order chi connectivity index (χ1) is 14.9. The van der Waals surface area contributed by atoms with Crippen LogP contribution in [-0.2, 0) is 11.2 Å². The summed E-state index contributed by atoms with van der Waals surface area (Å²) in [5.41, 5.74) is 3.59. The van der Waals surface area contributed by atoms with Gasteiger partial charge in [-0.3, -0.25) is 4.79 Å². The van der Waals surface area contributed by atoms with Crippen molar-refractivity contribution in [3.05, 3.63) is 59.8 Å². The van der Waals surface area contributed by atoms with Crippen LogP contribution in [0.5, 0.6) is 5.75 Å². The molecule has 0 aliphatic heterocycles. The Hall–Kier alpha value is -3.48. The highest BCUT2D eigenvalue weighted by Crippen LogP contribution is 2.24. The average Bonchev–Trinajstić information content (AvgIpc) is 3.16. The molecule has 3 amide bonds. The highest BCUT2D eigenvalue weighted by molar-refractivity contribution is 5.90. The maximum Gasteiger partial charge on any atom is 0.321 e.